The zero-order chi connectivity index (χ0) is 13.4. The first kappa shape index (κ1) is 12.9. The molecule has 1 saturated heterocycles. The smallest absolute Gasteiger partial charge is 0.254 e. The molecular weight excluding hydrogens is 262 g/mol. The van der Waals surface area contributed by atoms with Gasteiger partial charge in [0.15, 0.2) is 0 Å². The van der Waals surface area contributed by atoms with Crippen LogP contribution >= 0.6 is 11.6 Å². The summed E-state index contributed by atoms with van der Waals surface area (Å²) in [7, 11) is 0. The molecule has 2 aliphatic rings. The van der Waals surface area contributed by atoms with Gasteiger partial charge in [0.25, 0.3) is 5.91 Å². The Kier molecular flexibility index (Phi) is 3.50. The van der Waals surface area contributed by atoms with Crippen molar-refractivity contribution in [2.75, 3.05) is 12.4 Å². The fourth-order valence-electron chi connectivity index (χ4n) is 2.97. The largest absolute Gasteiger partial charge is 0.372 e. The average molecular weight is 280 g/mol. The third kappa shape index (κ3) is 2.26. The van der Waals surface area contributed by atoms with E-state index in [9.17, 15) is 4.79 Å². The van der Waals surface area contributed by atoms with Crippen LogP contribution in [0, 0.1) is 5.92 Å². The summed E-state index contributed by atoms with van der Waals surface area (Å²) in [5.41, 5.74) is 3.09. The molecule has 19 heavy (non-hydrogen) atoms. The lowest BCUT2D eigenvalue weighted by atomic mass is 10.0. The molecule has 0 N–H and O–H groups in total. The second kappa shape index (κ2) is 5.14. The van der Waals surface area contributed by atoms with Crippen molar-refractivity contribution in [3.63, 3.8) is 0 Å². The second-order valence-electron chi connectivity index (χ2n) is 5.46. The minimum absolute atomic E-state index is 0.102. The van der Waals surface area contributed by atoms with Crippen molar-refractivity contribution in [1.82, 2.24) is 4.90 Å². The van der Waals surface area contributed by atoms with Crippen LogP contribution in [0.15, 0.2) is 18.2 Å². The minimum Gasteiger partial charge on any atom is -0.372 e. The molecule has 1 aromatic carbocycles. The van der Waals surface area contributed by atoms with E-state index in [4.69, 9.17) is 16.3 Å². The quantitative estimate of drug-likeness (QED) is 0.779. The number of hydrogen-bond acceptors (Lipinski definition) is 2. The summed E-state index contributed by atoms with van der Waals surface area (Å²) in [6.07, 6.45) is 1.04. The Bertz CT molecular complexity index is 503. The molecule has 102 valence electrons. The molecule has 0 saturated carbocycles. The van der Waals surface area contributed by atoms with Crippen LogP contribution in [0.2, 0.25) is 0 Å². The first-order chi connectivity index (χ1) is 9.20. The Morgan fingerprint density at radius 2 is 2.21 bits per heavy atom. The first-order valence-corrected chi connectivity index (χ1v) is 7.30. The highest BCUT2D eigenvalue weighted by atomic mass is 35.5. The van der Waals surface area contributed by atoms with Crippen molar-refractivity contribution in [1.29, 1.82) is 0 Å². The molecule has 1 aromatic rings. The number of rotatable bonds is 2. The monoisotopic (exact) mass is 279 g/mol. The number of hydrogen-bond donors (Lipinski definition) is 0. The van der Waals surface area contributed by atoms with Gasteiger partial charge in [-0.3, -0.25) is 4.79 Å². The van der Waals surface area contributed by atoms with Crippen LogP contribution in [-0.2, 0) is 18.0 Å². The summed E-state index contributed by atoms with van der Waals surface area (Å²) >= 11 is 6.01. The van der Waals surface area contributed by atoms with E-state index in [2.05, 4.69) is 6.92 Å². The maximum Gasteiger partial charge on any atom is 0.254 e. The van der Waals surface area contributed by atoms with Crippen molar-refractivity contribution >= 4 is 17.5 Å². The molecule has 2 aliphatic heterocycles. The Morgan fingerprint density at radius 1 is 1.42 bits per heavy atom. The summed E-state index contributed by atoms with van der Waals surface area (Å²) in [6.45, 7) is 4.25. The summed E-state index contributed by atoms with van der Waals surface area (Å²) in [5.74, 6) is 1.10. The number of amides is 1. The third-order valence-electron chi connectivity index (χ3n) is 4.27. The highest BCUT2D eigenvalue weighted by Crippen LogP contribution is 2.28. The molecule has 0 bridgehead atoms. The molecule has 0 aromatic heterocycles. The van der Waals surface area contributed by atoms with Crippen LogP contribution in [0.5, 0.6) is 0 Å². The molecule has 2 heterocycles. The van der Waals surface area contributed by atoms with Gasteiger partial charge in [0.1, 0.15) is 0 Å². The molecule has 3 nitrogen and oxygen atoms in total. The zero-order valence-corrected chi connectivity index (χ0v) is 11.8. The van der Waals surface area contributed by atoms with E-state index in [0.29, 0.717) is 25.0 Å². The van der Waals surface area contributed by atoms with Crippen molar-refractivity contribution in [2.24, 2.45) is 5.92 Å². The highest BCUT2D eigenvalue weighted by molar-refractivity contribution is 6.18. The molecule has 1 amide bonds. The molecule has 3 rings (SSSR count). The van der Waals surface area contributed by atoms with E-state index in [-0.39, 0.29) is 11.9 Å². The van der Waals surface area contributed by atoms with Gasteiger partial charge in [0.05, 0.1) is 13.2 Å². The number of benzene rings is 1. The number of carbonyl (C=O) groups excluding carboxylic acids is 1. The SMILES string of the molecule is CC1CCN(C(=O)c2ccc3c(c2)COC3)C1CCl. The van der Waals surface area contributed by atoms with Gasteiger partial charge in [-0.25, -0.2) is 0 Å². The minimum atomic E-state index is 0.102. The number of alkyl halides is 1. The highest BCUT2D eigenvalue weighted by Gasteiger charge is 2.34. The Labute approximate surface area is 118 Å². The van der Waals surface area contributed by atoms with Crippen LogP contribution in [0.1, 0.15) is 34.8 Å². The van der Waals surface area contributed by atoms with E-state index >= 15 is 0 Å². The van der Waals surface area contributed by atoms with Crippen LogP contribution < -0.4 is 0 Å². The summed E-state index contributed by atoms with van der Waals surface area (Å²) < 4.78 is 5.39. The van der Waals surface area contributed by atoms with E-state index < -0.39 is 0 Å². The van der Waals surface area contributed by atoms with Gasteiger partial charge < -0.3 is 9.64 Å². The Balaban J connectivity index is 1.84. The summed E-state index contributed by atoms with van der Waals surface area (Å²) in [5, 5.41) is 0. The number of ether oxygens (including phenoxy) is 1. The van der Waals surface area contributed by atoms with E-state index in [1.54, 1.807) is 0 Å². The molecule has 0 radical (unpaired) electrons. The first-order valence-electron chi connectivity index (χ1n) is 6.77. The lowest BCUT2D eigenvalue weighted by molar-refractivity contribution is 0.0737. The van der Waals surface area contributed by atoms with Crippen molar-refractivity contribution < 1.29 is 9.53 Å². The lowest BCUT2D eigenvalue weighted by Gasteiger charge is -2.25. The molecule has 2 atom stereocenters. The predicted octanol–water partition coefficient (Wildman–Crippen LogP) is 2.81. The van der Waals surface area contributed by atoms with Gasteiger partial charge in [0, 0.05) is 24.0 Å². The predicted molar refractivity (Wildman–Crippen MR) is 74.3 cm³/mol. The summed E-state index contributed by atoms with van der Waals surface area (Å²) in [6, 6.07) is 6.05. The van der Waals surface area contributed by atoms with Crippen LogP contribution in [0.4, 0.5) is 0 Å². The maximum atomic E-state index is 12.6. The Morgan fingerprint density at radius 3 is 3.00 bits per heavy atom. The normalized spacial score (nSPS) is 25.7. The molecule has 0 spiro atoms. The number of halogens is 1. The molecule has 2 unspecified atom stereocenters. The third-order valence-corrected chi connectivity index (χ3v) is 4.59. The fraction of sp³-hybridized carbons (Fsp3) is 0.533. The lowest BCUT2D eigenvalue weighted by Crippen LogP contribution is -2.38. The standard InChI is InChI=1S/C15H18ClNO2/c1-10-4-5-17(14(10)7-16)15(18)11-2-3-12-8-19-9-13(12)6-11/h2-3,6,10,14H,4-5,7-9H2,1H3. The topological polar surface area (TPSA) is 29.5 Å². The van der Waals surface area contributed by atoms with Gasteiger partial charge >= 0.3 is 0 Å². The van der Waals surface area contributed by atoms with Crippen molar-refractivity contribution in [2.45, 2.75) is 32.6 Å². The molecule has 0 aliphatic carbocycles. The number of carbonyl (C=O) groups is 1. The second-order valence-corrected chi connectivity index (χ2v) is 5.77. The number of likely N-dealkylation sites (tertiary alicyclic amines) is 1. The maximum absolute atomic E-state index is 12.6. The number of nitrogens with zero attached hydrogens (tertiary/aromatic N) is 1. The van der Waals surface area contributed by atoms with Gasteiger partial charge in [-0.15, -0.1) is 11.6 Å². The summed E-state index contributed by atoms with van der Waals surface area (Å²) in [4.78, 5) is 14.5. The van der Waals surface area contributed by atoms with Crippen LogP contribution in [0.3, 0.4) is 0 Å². The molecule has 1 fully saturated rings. The number of fused-ring (bicyclic) bond motifs is 1. The van der Waals surface area contributed by atoms with Gasteiger partial charge in [-0.1, -0.05) is 13.0 Å². The van der Waals surface area contributed by atoms with E-state index in [1.807, 2.05) is 23.1 Å². The van der Waals surface area contributed by atoms with E-state index in [0.717, 1.165) is 24.1 Å². The zero-order valence-electron chi connectivity index (χ0n) is 11.1. The molecule has 4 heteroatoms. The average Bonchev–Trinajstić information content (AvgIpc) is 3.02. The van der Waals surface area contributed by atoms with Crippen molar-refractivity contribution in [3.05, 3.63) is 34.9 Å². The van der Waals surface area contributed by atoms with Crippen molar-refractivity contribution in [3.8, 4) is 0 Å². The van der Waals surface area contributed by atoms with Gasteiger partial charge in [-0.2, -0.15) is 0 Å². The Hall–Kier alpha value is -1.06. The van der Waals surface area contributed by atoms with Gasteiger partial charge in [-0.05, 0) is 35.6 Å². The van der Waals surface area contributed by atoms with Gasteiger partial charge in [0.2, 0.25) is 0 Å². The van der Waals surface area contributed by atoms with E-state index in [1.165, 1.54) is 5.56 Å². The fourth-order valence-corrected chi connectivity index (χ4v) is 3.44. The van der Waals surface area contributed by atoms with Crippen LogP contribution in [0.25, 0.3) is 0 Å². The molecular formula is C15H18ClNO2. The van der Waals surface area contributed by atoms with Crippen LogP contribution in [-0.4, -0.2) is 29.3 Å².